The zero-order valence-electron chi connectivity index (χ0n) is 8.02. The van der Waals surface area contributed by atoms with Gasteiger partial charge in [-0.2, -0.15) is 0 Å². The van der Waals surface area contributed by atoms with Crippen molar-refractivity contribution in [1.29, 1.82) is 0 Å². The van der Waals surface area contributed by atoms with E-state index in [4.69, 9.17) is 4.74 Å². The molecule has 0 saturated heterocycles. The van der Waals surface area contributed by atoms with E-state index in [1.54, 1.807) is 0 Å². The minimum Gasteiger partial charge on any atom is -0.433 e. The van der Waals surface area contributed by atoms with Crippen LogP contribution < -0.4 is 0 Å². The predicted molar refractivity (Wildman–Crippen MR) is 47.5 cm³/mol. The average Bonchev–Trinajstić information content (AvgIpc) is 1.97. The van der Waals surface area contributed by atoms with Crippen molar-refractivity contribution < 1.29 is 9.53 Å². The zero-order valence-corrected chi connectivity index (χ0v) is 8.02. The second kappa shape index (κ2) is 3.30. The van der Waals surface area contributed by atoms with Crippen molar-refractivity contribution in [3.05, 3.63) is 11.3 Å². The lowest BCUT2D eigenvalue weighted by Gasteiger charge is -2.31. The Morgan fingerprint density at radius 1 is 1.50 bits per heavy atom. The Labute approximate surface area is 73.6 Å². The van der Waals surface area contributed by atoms with Crippen LogP contribution in [0.15, 0.2) is 11.3 Å². The van der Waals surface area contributed by atoms with E-state index >= 15 is 0 Å². The summed E-state index contributed by atoms with van der Waals surface area (Å²) in [6.07, 6.45) is 3.37. The molecule has 2 heteroatoms. The molecule has 1 aliphatic rings. The summed E-state index contributed by atoms with van der Waals surface area (Å²) < 4.78 is 5.01. The third-order valence-corrected chi connectivity index (χ3v) is 2.52. The molecule has 1 rings (SSSR count). The molecule has 0 radical (unpaired) electrons. The maximum absolute atomic E-state index is 10.3. The number of carbonyl (C=O) groups is 1. The van der Waals surface area contributed by atoms with E-state index in [0.717, 1.165) is 18.6 Å². The van der Waals surface area contributed by atoms with E-state index in [9.17, 15) is 4.79 Å². The van der Waals surface area contributed by atoms with Gasteiger partial charge in [0.1, 0.15) is 5.76 Å². The Morgan fingerprint density at radius 2 is 2.17 bits per heavy atom. The lowest BCUT2D eigenvalue weighted by molar-refractivity contribution is -0.127. The smallest absolute Gasteiger partial charge is 0.298 e. The van der Waals surface area contributed by atoms with E-state index in [2.05, 4.69) is 13.8 Å². The molecule has 0 N–H and O–H groups in total. The number of hydrogen-bond donors (Lipinski definition) is 0. The molecule has 0 aliphatic heterocycles. The van der Waals surface area contributed by atoms with Gasteiger partial charge in [0.15, 0.2) is 0 Å². The van der Waals surface area contributed by atoms with Crippen LogP contribution in [0.2, 0.25) is 0 Å². The fourth-order valence-corrected chi connectivity index (χ4v) is 1.91. The van der Waals surface area contributed by atoms with E-state index in [1.165, 1.54) is 12.0 Å². The van der Waals surface area contributed by atoms with Crippen LogP contribution in [0.5, 0.6) is 0 Å². The molecule has 2 nitrogen and oxygen atoms in total. The summed E-state index contributed by atoms with van der Waals surface area (Å²) in [5, 5.41) is 0. The van der Waals surface area contributed by atoms with Gasteiger partial charge in [-0.05, 0) is 31.8 Å². The first kappa shape index (κ1) is 9.30. The molecule has 0 unspecified atom stereocenters. The first-order valence-electron chi connectivity index (χ1n) is 4.38. The number of carbonyl (C=O) groups excluding carboxylic acids is 1. The van der Waals surface area contributed by atoms with Crippen LogP contribution in [0.1, 0.15) is 40.0 Å². The van der Waals surface area contributed by atoms with Gasteiger partial charge in [-0.15, -0.1) is 0 Å². The number of ether oxygens (including phenoxy) is 1. The van der Waals surface area contributed by atoms with Crippen LogP contribution in [-0.2, 0) is 9.53 Å². The van der Waals surface area contributed by atoms with Gasteiger partial charge in [-0.1, -0.05) is 13.8 Å². The van der Waals surface area contributed by atoms with E-state index in [-0.39, 0.29) is 5.41 Å². The molecule has 0 atom stereocenters. The Kier molecular flexibility index (Phi) is 2.55. The first-order chi connectivity index (χ1) is 5.58. The van der Waals surface area contributed by atoms with Crippen molar-refractivity contribution in [3.8, 4) is 0 Å². The van der Waals surface area contributed by atoms with Crippen molar-refractivity contribution >= 4 is 6.47 Å². The second-order valence-electron chi connectivity index (χ2n) is 4.06. The molecule has 0 spiro atoms. The van der Waals surface area contributed by atoms with Crippen LogP contribution >= 0.6 is 0 Å². The van der Waals surface area contributed by atoms with Crippen molar-refractivity contribution in [1.82, 2.24) is 0 Å². The number of rotatable bonds is 2. The fraction of sp³-hybridized carbons (Fsp3) is 0.700. The molecule has 0 aromatic rings. The summed E-state index contributed by atoms with van der Waals surface area (Å²) in [6, 6.07) is 0. The largest absolute Gasteiger partial charge is 0.433 e. The summed E-state index contributed by atoms with van der Waals surface area (Å²) in [7, 11) is 0. The van der Waals surface area contributed by atoms with Gasteiger partial charge in [0.2, 0.25) is 0 Å². The molecule has 0 aromatic carbocycles. The third-order valence-electron chi connectivity index (χ3n) is 2.52. The molecule has 0 aromatic heterocycles. The Morgan fingerprint density at radius 3 is 2.67 bits per heavy atom. The van der Waals surface area contributed by atoms with E-state index < -0.39 is 0 Å². The molecule has 0 amide bonds. The highest BCUT2D eigenvalue weighted by atomic mass is 16.5. The topological polar surface area (TPSA) is 26.3 Å². The quantitative estimate of drug-likeness (QED) is 0.592. The molecule has 0 saturated carbocycles. The Balaban J connectivity index is 2.91. The summed E-state index contributed by atoms with van der Waals surface area (Å²) in [5.74, 6) is 0.878. The molecule has 68 valence electrons. The Bertz CT molecular complexity index is 214. The van der Waals surface area contributed by atoms with Gasteiger partial charge >= 0.3 is 0 Å². The summed E-state index contributed by atoms with van der Waals surface area (Å²) in [6.45, 7) is 6.81. The monoisotopic (exact) mass is 168 g/mol. The lowest BCUT2D eigenvalue weighted by atomic mass is 9.78. The molecule has 0 heterocycles. The molecular formula is C10H16O2. The van der Waals surface area contributed by atoms with Crippen molar-refractivity contribution in [3.63, 3.8) is 0 Å². The van der Waals surface area contributed by atoms with Gasteiger partial charge in [0.25, 0.3) is 6.47 Å². The normalized spacial score (nSPS) is 22.2. The van der Waals surface area contributed by atoms with Crippen molar-refractivity contribution in [2.24, 2.45) is 5.41 Å². The zero-order chi connectivity index (χ0) is 9.19. The van der Waals surface area contributed by atoms with Crippen LogP contribution in [-0.4, -0.2) is 6.47 Å². The standard InChI is InChI=1S/C10H16O2/c1-8-5-4-6-10(2,3)9(8)12-7-11/h7H,4-6H2,1-3H3. The van der Waals surface area contributed by atoms with E-state index in [0.29, 0.717) is 6.47 Å². The molecule has 12 heavy (non-hydrogen) atoms. The van der Waals surface area contributed by atoms with Crippen LogP contribution in [0.25, 0.3) is 0 Å². The summed E-state index contributed by atoms with van der Waals surface area (Å²) in [5.41, 5.74) is 1.27. The minimum absolute atomic E-state index is 0.0449. The summed E-state index contributed by atoms with van der Waals surface area (Å²) in [4.78, 5) is 10.3. The highest BCUT2D eigenvalue weighted by Crippen LogP contribution is 2.40. The minimum atomic E-state index is 0.0449. The maximum Gasteiger partial charge on any atom is 0.298 e. The average molecular weight is 168 g/mol. The molecule has 1 aliphatic carbocycles. The van der Waals surface area contributed by atoms with Gasteiger partial charge in [0.05, 0.1) is 0 Å². The number of hydrogen-bond acceptors (Lipinski definition) is 2. The van der Waals surface area contributed by atoms with Gasteiger partial charge in [-0.3, -0.25) is 4.79 Å². The van der Waals surface area contributed by atoms with E-state index in [1.807, 2.05) is 6.92 Å². The molecule has 0 fully saturated rings. The molecule has 0 bridgehead atoms. The third kappa shape index (κ3) is 1.68. The SMILES string of the molecule is CC1=C(OC=O)C(C)(C)CCC1. The summed E-state index contributed by atoms with van der Waals surface area (Å²) >= 11 is 0. The van der Waals surface area contributed by atoms with Gasteiger partial charge < -0.3 is 4.74 Å². The van der Waals surface area contributed by atoms with Crippen molar-refractivity contribution in [2.75, 3.05) is 0 Å². The Hall–Kier alpha value is -0.790. The van der Waals surface area contributed by atoms with Gasteiger partial charge in [0, 0.05) is 5.41 Å². The first-order valence-corrected chi connectivity index (χ1v) is 4.38. The van der Waals surface area contributed by atoms with Gasteiger partial charge in [-0.25, -0.2) is 0 Å². The number of allylic oxidation sites excluding steroid dienone is 2. The maximum atomic E-state index is 10.3. The fourth-order valence-electron chi connectivity index (χ4n) is 1.91. The second-order valence-corrected chi connectivity index (χ2v) is 4.06. The highest BCUT2D eigenvalue weighted by molar-refractivity contribution is 5.41. The predicted octanol–water partition coefficient (Wildman–Crippen LogP) is 2.64. The van der Waals surface area contributed by atoms with Crippen molar-refractivity contribution in [2.45, 2.75) is 40.0 Å². The molecular weight excluding hydrogens is 152 g/mol. The van der Waals surface area contributed by atoms with Crippen LogP contribution in [0, 0.1) is 5.41 Å². The highest BCUT2D eigenvalue weighted by Gasteiger charge is 2.30. The lowest BCUT2D eigenvalue weighted by Crippen LogP contribution is -2.22. The van der Waals surface area contributed by atoms with Crippen LogP contribution in [0.3, 0.4) is 0 Å². The van der Waals surface area contributed by atoms with Crippen LogP contribution in [0.4, 0.5) is 0 Å².